The Balaban J connectivity index is 2.20. The summed E-state index contributed by atoms with van der Waals surface area (Å²) in [5, 5.41) is 3.41. The zero-order chi connectivity index (χ0) is 21.3. The second-order valence-corrected chi connectivity index (χ2v) is 7.25. The maximum absolute atomic E-state index is 14.4. The molecule has 1 heterocycles. The van der Waals surface area contributed by atoms with Crippen molar-refractivity contribution in [3.63, 3.8) is 0 Å². The zero-order valence-corrected chi connectivity index (χ0v) is 16.1. The molecule has 1 aromatic heterocycles. The van der Waals surface area contributed by atoms with Gasteiger partial charge in [0.2, 0.25) is 6.41 Å². The largest absolute Gasteiger partial charge is 0.437 e. The Morgan fingerprint density at radius 1 is 1.14 bits per heavy atom. The molecule has 152 valence electrons. The lowest BCUT2D eigenvalue weighted by molar-refractivity contribution is -0.140. The average Bonchev–Trinajstić information content (AvgIpc) is 2.96. The van der Waals surface area contributed by atoms with Crippen molar-refractivity contribution in [3.8, 4) is 0 Å². The number of amides is 1. The van der Waals surface area contributed by atoms with Crippen LogP contribution in [0, 0.1) is 11.6 Å². The third-order valence-corrected chi connectivity index (χ3v) is 5.18. The minimum Gasteiger partial charge on any atom is -0.278 e. The molecular formula is C18H11ClF5N3OS. The molecule has 0 fully saturated rings. The number of carbonyl (C=O) groups excluding carboxylic acids is 1. The molecule has 2 aromatic carbocycles. The third kappa shape index (κ3) is 4.38. The van der Waals surface area contributed by atoms with Gasteiger partial charge in [-0.25, -0.2) is 8.78 Å². The number of halogens is 6. The molecule has 0 N–H and O–H groups in total. The Morgan fingerprint density at radius 3 is 2.34 bits per heavy atom. The third-order valence-electron chi connectivity index (χ3n) is 3.78. The van der Waals surface area contributed by atoms with Gasteiger partial charge >= 0.3 is 6.18 Å². The van der Waals surface area contributed by atoms with Crippen LogP contribution < -0.4 is 4.90 Å². The van der Waals surface area contributed by atoms with Gasteiger partial charge in [0.1, 0.15) is 22.3 Å². The molecule has 0 atom stereocenters. The smallest absolute Gasteiger partial charge is 0.278 e. The van der Waals surface area contributed by atoms with E-state index in [-0.39, 0.29) is 16.5 Å². The number of nitrogens with zero attached hydrogens (tertiary/aromatic N) is 3. The van der Waals surface area contributed by atoms with E-state index in [2.05, 4.69) is 5.10 Å². The normalized spacial score (nSPS) is 11.6. The Bertz CT molecular complexity index is 1050. The summed E-state index contributed by atoms with van der Waals surface area (Å²) in [6.45, 7) is 0. The fourth-order valence-corrected chi connectivity index (χ4v) is 3.66. The van der Waals surface area contributed by atoms with Crippen molar-refractivity contribution in [2.45, 2.75) is 16.1 Å². The van der Waals surface area contributed by atoms with Crippen LogP contribution in [0.25, 0.3) is 0 Å². The first kappa shape index (κ1) is 21.1. The monoisotopic (exact) mass is 447 g/mol. The van der Waals surface area contributed by atoms with E-state index in [0.29, 0.717) is 9.80 Å². The minimum atomic E-state index is -4.92. The first-order valence-corrected chi connectivity index (χ1v) is 9.08. The molecule has 1 amide bonds. The predicted molar refractivity (Wildman–Crippen MR) is 98.3 cm³/mol. The molecule has 0 radical (unpaired) electrons. The van der Waals surface area contributed by atoms with Gasteiger partial charge in [-0.2, -0.15) is 18.3 Å². The fraction of sp³-hybridized carbons (Fsp3) is 0.111. The Kier molecular flexibility index (Phi) is 5.85. The molecule has 3 rings (SSSR count). The highest BCUT2D eigenvalue weighted by atomic mass is 35.5. The van der Waals surface area contributed by atoms with Crippen molar-refractivity contribution in [3.05, 3.63) is 64.8 Å². The maximum atomic E-state index is 14.4. The predicted octanol–water partition coefficient (Wildman–Crippen LogP) is 5.82. The molecule has 0 bridgehead atoms. The highest BCUT2D eigenvalue weighted by Gasteiger charge is 2.41. The van der Waals surface area contributed by atoms with Crippen LogP contribution in [-0.4, -0.2) is 16.2 Å². The Hall–Kier alpha value is -2.59. The summed E-state index contributed by atoms with van der Waals surface area (Å²) in [7, 11) is 1.26. The van der Waals surface area contributed by atoms with Gasteiger partial charge in [0, 0.05) is 17.0 Å². The van der Waals surface area contributed by atoms with Gasteiger partial charge in [0.05, 0.1) is 5.69 Å². The summed E-state index contributed by atoms with van der Waals surface area (Å²) in [6.07, 6.45) is -4.86. The van der Waals surface area contributed by atoms with E-state index in [1.54, 1.807) is 0 Å². The summed E-state index contributed by atoms with van der Waals surface area (Å²) < 4.78 is 69.3. The van der Waals surface area contributed by atoms with Crippen LogP contribution in [0.5, 0.6) is 0 Å². The van der Waals surface area contributed by atoms with Crippen LogP contribution >= 0.6 is 23.4 Å². The van der Waals surface area contributed by atoms with Gasteiger partial charge in [0.15, 0.2) is 5.69 Å². The number of aryl methyl sites for hydroxylation is 1. The number of hydrogen-bond donors (Lipinski definition) is 0. The van der Waals surface area contributed by atoms with Crippen molar-refractivity contribution in [2.24, 2.45) is 7.05 Å². The highest BCUT2D eigenvalue weighted by Crippen LogP contribution is 2.45. The topological polar surface area (TPSA) is 38.1 Å². The standard InChI is InChI=1S/C18H11ClF5N3OS/c1-26-17(29-12-5-3-11(20)4-6-12)15(16(25-26)18(22,23)24)27(9-28)14-7-2-10(19)8-13(14)21/h2-9H,1H3. The first-order chi connectivity index (χ1) is 13.6. The van der Waals surface area contributed by atoms with Crippen LogP contribution in [0.2, 0.25) is 5.02 Å². The maximum Gasteiger partial charge on any atom is 0.437 e. The molecule has 0 saturated carbocycles. The summed E-state index contributed by atoms with van der Waals surface area (Å²) in [6, 6.07) is 8.21. The molecule has 29 heavy (non-hydrogen) atoms. The van der Waals surface area contributed by atoms with Crippen LogP contribution in [0.15, 0.2) is 52.4 Å². The van der Waals surface area contributed by atoms with Gasteiger partial charge in [-0.15, -0.1) is 0 Å². The lowest BCUT2D eigenvalue weighted by Crippen LogP contribution is -2.20. The van der Waals surface area contributed by atoms with Gasteiger partial charge in [0.25, 0.3) is 0 Å². The molecule has 11 heteroatoms. The summed E-state index contributed by atoms with van der Waals surface area (Å²) >= 11 is 6.51. The molecule has 0 unspecified atom stereocenters. The van der Waals surface area contributed by atoms with E-state index in [9.17, 15) is 26.7 Å². The van der Waals surface area contributed by atoms with Crippen molar-refractivity contribution < 1.29 is 26.7 Å². The van der Waals surface area contributed by atoms with Gasteiger partial charge in [-0.05, 0) is 42.5 Å². The number of hydrogen-bond acceptors (Lipinski definition) is 3. The summed E-state index contributed by atoms with van der Waals surface area (Å²) in [5.74, 6) is -1.51. The van der Waals surface area contributed by atoms with Crippen LogP contribution in [-0.2, 0) is 18.0 Å². The van der Waals surface area contributed by atoms with E-state index in [1.807, 2.05) is 0 Å². The summed E-state index contributed by atoms with van der Waals surface area (Å²) in [5.41, 5.74) is -2.44. The molecule has 0 aliphatic carbocycles. The first-order valence-electron chi connectivity index (χ1n) is 7.89. The van der Waals surface area contributed by atoms with Crippen LogP contribution in [0.3, 0.4) is 0 Å². The van der Waals surface area contributed by atoms with Crippen molar-refractivity contribution in [2.75, 3.05) is 4.90 Å². The Labute approximate surface area is 170 Å². The SMILES string of the molecule is Cn1nc(C(F)(F)F)c(N(C=O)c2ccc(Cl)cc2F)c1Sc1ccc(F)cc1. The van der Waals surface area contributed by atoms with Crippen LogP contribution in [0.1, 0.15) is 5.69 Å². The number of carbonyl (C=O) groups is 1. The second kappa shape index (κ2) is 8.03. The molecule has 4 nitrogen and oxygen atoms in total. The quantitative estimate of drug-likeness (QED) is 0.365. The van der Waals surface area contributed by atoms with Crippen LogP contribution in [0.4, 0.5) is 33.3 Å². The molecule has 0 saturated heterocycles. The minimum absolute atomic E-state index is 0.0141. The zero-order valence-electron chi connectivity index (χ0n) is 14.5. The number of benzene rings is 2. The lowest BCUT2D eigenvalue weighted by atomic mass is 10.2. The van der Waals surface area contributed by atoms with Gasteiger partial charge < -0.3 is 0 Å². The van der Waals surface area contributed by atoms with Gasteiger partial charge in [-0.1, -0.05) is 23.4 Å². The molecular weight excluding hydrogens is 437 g/mol. The Morgan fingerprint density at radius 2 is 1.79 bits per heavy atom. The van der Waals surface area contributed by atoms with Crippen molar-refractivity contribution in [1.82, 2.24) is 9.78 Å². The van der Waals surface area contributed by atoms with Crippen molar-refractivity contribution >= 4 is 41.1 Å². The second-order valence-electron chi connectivity index (χ2n) is 5.75. The number of anilines is 2. The average molecular weight is 448 g/mol. The molecule has 0 aliphatic rings. The number of aromatic nitrogens is 2. The van der Waals surface area contributed by atoms with E-state index in [4.69, 9.17) is 11.6 Å². The van der Waals surface area contributed by atoms with E-state index in [0.717, 1.165) is 40.7 Å². The van der Waals surface area contributed by atoms with E-state index >= 15 is 0 Å². The van der Waals surface area contributed by atoms with Crippen molar-refractivity contribution in [1.29, 1.82) is 0 Å². The summed E-state index contributed by atoms with van der Waals surface area (Å²) in [4.78, 5) is 12.7. The lowest BCUT2D eigenvalue weighted by Gasteiger charge is -2.20. The highest BCUT2D eigenvalue weighted by molar-refractivity contribution is 7.99. The van der Waals surface area contributed by atoms with E-state index in [1.165, 1.54) is 25.2 Å². The fourth-order valence-electron chi connectivity index (χ4n) is 2.54. The number of alkyl halides is 3. The number of rotatable bonds is 5. The molecule has 3 aromatic rings. The van der Waals surface area contributed by atoms with Gasteiger partial charge in [-0.3, -0.25) is 14.4 Å². The molecule has 0 aliphatic heterocycles. The molecule has 0 spiro atoms. The van der Waals surface area contributed by atoms with E-state index < -0.39 is 34.9 Å².